The van der Waals surface area contributed by atoms with Gasteiger partial charge in [-0.15, -0.1) is 0 Å². The molecule has 0 aromatic heterocycles. The minimum Gasteiger partial charge on any atom is -0.489 e. The molecule has 5 nitrogen and oxygen atoms in total. The highest BCUT2D eigenvalue weighted by atomic mass is 19.1. The summed E-state index contributed by atoms with van der Waals surface area (Å²) in [4.78, 5) is 10.3. The zero-order valence-corrected chi connectivity index (χ0v) is 11.3. The first kappa shape index (κ1) is 14.9. The van der Waals surface area contributed by atoms with Crippen LogP contribution in [0.5, 0.6) is 5.75 Å². The van der Waals surface area contributed by atoms with Gasteiger partial charge in [0.15, 0.2) is 0 Å². The standard InChI is InChI=1S/C15H14FNO4/c1-10(18)11-2-5-14(6-3-11)21-9-12-8-13(16)4-7-15(12)17(19)20/h2-8,10,18H,9H2,1H3/t10-/m0/s1. The number of halogens is 1. The van der Waals surface area contributed by atoms with E-state index in [4.69, 9.17) is 4.74 Å². The zero-order valence-electron chi connectivity index (χ0n) is 11.3. The van der Waals surface area contributed by atoms with Crippen LogP contribution in [0.1, 0.15) is 24.2 Å². The van der Waals surface area contributed by atoms with Crippen molar-refractivity contribution in [1.29, 1.82) is 0 Å². The van der Waals surface area contributed by atoms with E-state index < -0.39 is 16.8 Å². The molecule has 1 N–H and O–H groups in total. The van der Waals surface area contributed by atoms with Gasteiger partial charge < -0.3 is 9.84 Å². The van der Waals surface area contributed by atoms with E-state index in [9.17, 15) is 19.6 Å². The Labute approximate surface area is 120 Å². The number of rotatable bonds is 5. The maximum atomic E-state index is 13.2. The van der Waals surface area contributed by atoms with Gasteiger partial charge >= 0.3 is 0 Å². The molecule has 0 aliphatic heterocycles. The summed E-state index contributed by atoms with van der Waals surface area (Å²) in [6.45, 7) is 1.54. The summed E-state index contributed by atoms with van der Waals surface area (Å²) in [5, 5.41) is 20.3. The zero-order chi connectivity index (χ0) is 15.4. The number of aliphatic hydroxyl groups is 1. The van der Waals surface area contributed by atoms with Gasteiger partial charge in [-0.05, 0) is 36.8 Å². The van der Waals surface area contributed by atoms with Crippen molar-refractivity contribution in [1.82, 2.24) is 0 Å². The van der Waals surface area contributed by atoms with Crippen LogP contribution in [0.2, 0.25) is 0 Å². The van der Waals surface area contributed by atoms with Gasteiger partial charge in [0.25, 0.3) is 5.69 Å². The van der Waals surface area contributed by atoms with Gasteiger partial charge in [-0.25, -0.2) is 4.39 Å². The smallest absolute Gasteiger partial charge is 0.276 e. The summed E-state index contributed by atoms with van der Waals surface area (Å²) in [5.41, 5.74) is 0.718. The topological polar surface area (TPSA) is 72.6 Å². The Morgan fingerprint density at radius 3 is 2.52 bits per heavy atom. The van der Waals surface area contributed by atoms with E-state index in [2.05, 4.69) is 0 Å². The van der Waals surface area contributed by atoms with E-state index in [1.165, 1.54) is 0 Å². The van der Waals surface area contributed by atoms with Crippen molar-refractivity contribution >= 4 is 5.69 Å². The molecule has 0 saturated heterocycles. The number of nitrogens with zero attached hydrogens (tertiary/aromatic N) is 1. The third-order valence-corrected chi connectivity index (χ3v) is 3.00. The summed E-state index contributed by atoms with van der Waals surface area (Å²) < 4.78 is 18.6. The summed E-state index contributed by atoms with van der Waals surface area (Å²) in [6.07, 6.45) is -0.580. The molecule has 21 heavy (non-hydrogen) atoms. The van der Waals surface area contributed by atoms with Crippen molar-refractivity contribution in [3.63, 3.8) is 0 Å². The van der Waals surface area contributed by atoms with Crippen LogP contribution < -0.4 is 4.74 Å². The molecular weight excluding hydrogens is 277 g/mol. The second-order valence-corrected chi connectivity index (χ2v) is 4.56. The van der Waals surface area contributed by atoms with Gasteiger partial charge in [0.1, 0.15) is 18.2 Å². The van der Waals surface area contributed by atoms with E-state index in [0.717, 1.165) is 23.8 Å². The van der Waals surface area contributed by atoms with Crippen LogP contribution in [-0.2, 0) is 6.61 Å². The molecule has 2 aromatic carbocycles. The Balaban J connectivity index is 2.12. The largest absolute Gasteiger partial charge is 0.489 e. The number of ether oxygens (including phenoxy) is 1. The molecular formula is C15H14FNO4. The molecule has 0 fully saturated rings. The Hall–Kier alpha value is -2.47. The van der Waals surface area contributed by atoms with E-state index >= 15 is 0 Å². The molecule has 0 saturated carbocycles. The summed E-state index contributed by atoms with van der Waals surface area (Å²) >= 11 is 0. The van der Waals surface area contributed by atoms with Gasteiger partial charge in [0.2, 0.25) is 0 Å². The molecule has 0 heterocycles. The molecule has 0 aliphatic carbocycles. The van der Waals surface area contributed by atoms with Gasteiger partial charge in [-0.1, -0.05) is 12.1 Å². The van der Waals surface area contributed by atoms with Crippen LogP contribution in [0.25, 0.3) is 0 Å². The first-order valence-electron chi connectivity index (χ1n) is 6.31. The highest BCUT2D eigenvalue weighted by Gasteiger charge is 2.15. The molecule has 0 radical (unpaired) electrons. The highest BCUT2D eigenvalue weighted by molar-refractivity contribution is 5.40. The van der Waals surface area contributed by atoms with Crippen molar-refractivity contribution in [3.05, 3.63) is 69.5 Å². The molecule has 6 heteroatoms. The van der Waals surface area contributed by atoms with Crippen molar-refractivity contribution in [2.45, 2.75) is 19.6 Å². The lowest BCUT2D eigenvalue weighted by Crippen LogP contribution is -2.01. The average Bonchev–Trinajstić information content (AvgIpc) is 2.45. The molecule has 2 aromatic rings. The van der Waals surface area contributed by atoms with Crippen LogP contribution in [0, 0.1) is 15.9 Å². The van der Waals surface area contributed by atoms with Crippen LogP contribution >= 0.6 is 0 Å². The molecule has 110 valence electrons. The predicted molar refractivity (Wildman–Crippen MR) is 74.5 cm³/mol. The number of aliphatic hydroxyl groups excluding tert-OH is 1. The number of hydrogen-bond acceptors (Lipinski definition) is 4. The number of benzene rings is 2. The SMILES string of the molecule is C[C@H](O)c1ccc(OCc2cc(F)ccc2[N+](=O)[O-])cc1. The lowest BCUT2D eigenvalue weighted by atomic mass is 10.1. The molecule has 0 amide bonds. The van der Waals surface area contributed by atoms with E-state index in [1.807, 2.05) is 0 Å². The van der Waals surface area contributed by atoms with Gasteiger partial charge in [-0.3, -0.25) is 10.1 Å². The number of hydrogen-bond donors (Lipinski definition) is 1. The second kappa shape index (κ2) is 6.32. The van der Waals surface area contributed by atoms with E-state index in [-0.39, 0.29) is 17.9 Å². The number of nitro groups is 1. The Bertz CT molecular complexity index is 641. The number of nitro benzene ring substituents is 1. The van der Waals surface area contributed by atoms with Crippen molar-refractivity contribution in [3.8, 4) is 5.75 Å². The van der Waals surface area contributed by atoms with E-state index in [1.54, 1.807) is 31.2 Å². The fourth-order valence-electron chi connectivity index (χ4n) is 1.85. The Morgan fingerprint density at radius 1 is 1.29 bits per heavy atom. The molecule has 0 spiro atoms. The van der Waals surface area contributed by atoms with Crippen LogP contribution in [0.4, 0.5) is 10.1 Å². The average molecular weight is 291 g/mol. The first-order chi connectivity index (χ1) is 9.97. The highest BCUT2D eigenvalue weighted by Crippen LogP contribution is 2.23. The van der Waals surface area contributed by atoms with Crippen LogP contribution in [0.15, 0.2) is 42.5 Å². The summed E-state index contributed by atoms with van der Waals surface area (Å²) in [6, 6.07) is 9.92. The monoisotopic (exact) mass is 291 g/mol. The molecule has 0 unspecified atom stereocenters. The minimum atomic E-state index is -0.580. The van der Waals surface area contributed by atoms with Crippen molar-refractivity contribution in [2.75, 3.05) is 0 Å². The Morgan fingerprint density at radius 2 is 1.95 bits per heavy atom. The van der Waals surface area contributed by atoms with Gasteiger partial charge in [-0.2, -0.15) is 0 Å². The van der Waals surface area contributed by atoms with Gasteiger partial charge in [0.05, 0.1) is 16.6 Å². The quantitative estimate of drug-likeness (QED) is 0.677. The lowest BCUT2D eigenvalue weighted by molar-refractivity contribution is -0.385. The molecule has 1 atom stereocenters. The van der Waals surface area contributed by atoms with Crippen molar-refractivity contribution in [2.24, 2.45) is 0 Å². The fourth-order valence-corrected chi connectivity index (χ4v) is 1.85. The maximum absolute atomic E-state index is 13.2. The summed E-state index contributed by atoms with van der Waals surface area (Å²) in [7, 11) is 0. The maximum Gasteiger partial charge on any atom is 0.276 e. The van der Waals surface area contributed by atoms with E-state index in [0.29, 0.717) is 5.75 Å². The van der Waals surface area contributed by atoms with Crippen molar-refractivity contribution < 1.29 is 19.2 Å². The Kier molecular flexibility index (Phi) is 4.49. The second-order valence-electron chi connectivity index (χ2n) is 4.56. The third-order valence-electron chi connectivity index (χ3n) is 3.00. The molecule has 0 aliphatic rings. The molecule has 0 bridgehead atoms. The van der Waals surface area contributed by atoms with Crippen LogP contribution in [0.3, 0.4) is 0 Å². The molecule has 2 rings (SSSR count). The third kappa shape index (κ3) is 3.76. The van der Waals surface area contributed by atoms with Gasteiger partial charge in [0, 0.05) is 6.07 Å². The normalized spacial score (nSPS) is 12.0. The first-order valence-corrected chi connectivity index (χ1v) is 6.31. The van der Waals surface area contributed by atoms with Crippen LogP contribution in [-0.4, -0.2) is 10.0 Å². The fraction of sp³-hybridized carbons (Fsp3) is 0.200. The summed E-state index contributed by atoms with van der Waals surface area (Å²) in [5.74, 6) is -0.0680. The minimum absolute atomic E-state index is 0.109. The predicted octanol–water partition coefficient (Wildman–Crippen LogP) is 3.37. The lowest BCUT2D eigenvalue weighted by Gasteiger charge is -2.09.